The minimum Gasteiger partial charge on any atom is -0.331 e. The molecule has 0 unspecified atom stereocenters. The second-order valence-electron chi connectivity index (χ2n) is 3.84. The van der Waals surface area contributed by atoms with Gasteiger partial charge in [-0.15, -0.1) is 0 Å². The van der Waals surface area contributed by atoms with Gasteiger partial charge in [-0.1, -0.05) is 24.6 Å². The lowest BCUT2D eigenvalue weighted by Gasteiger charge is -2.12. The Morgan fingerprint density at radius 1 is 1.39 bits per heavy atom. The summed E-state index contributed by atoms with van der Waals surface area (Å²) in [5.41, 5.74) is 6.90. The quantitative estimate of drug-likeness (QED) is 0.590. The molecule has 3 N–H and O–H groups in total. The first-order chi connectivity index (χ1) is 8.52. The van der Waals surface area contributed by atoms with Crippen molar-refractivity contribution < 1.29 is 4.79 Å². The number of carbonyl (C=O) groups is 1. The van der Waals surface area contributed by atoms with Crippen LogP contribution in [-0.4, -0.2) is 11.0 Å². The molecule has 4 nitrogen and oxygen atoms in total. The van der Waals surface area contributed by atoms with E-state index in [-0.39, 0.29) is 5.91 Å². The average molecular weight is 286 g/mol. The van der Waals surface area contributed by atoms with Crippen LogP contribution in [0.4, 0.5) is 5.69 Å². The van der Waals surface area contributed by atoms with E-state index in [2.05, 4.69) is 16.2 Å². The number of amides is 1. The minimum atomic E-state index is -0.0939. The van der Waals surface area contributed by atoms with E-state index >= 15 is 0 Å². The number of nitrogens with one attached hydrogen (secondary N) is 3. The van der Waals surface area contributed by atoms with Gasteiger partial charge in [-0.05, 0) is 43.3 Å². The molecule has 0 radical (unpaired) electrons. The van der Waals surface area contributed by atoms with Gasteiger partial charge in [0.05, 0.1) is 0 Å². The molecule has 1 rings (SSSR count). The lowest BCUT2D eigenvalue weighted by Crippen LogP contribution is -2.43. The minimum absolute atomic E-state index is 0.0939. The molecule has 18 heavy (non-hydrogen) atoms. The zero-order chi connectivity index (χ0) is 13.5. The highest BCUT2D eigenvalue weighted by Gasteiger charge is 2.02. The Balaban J connectivity index is 2.44. The standard InChI is InChI=1S/C12H16ClN3OS/c1-3-4-11(17)15-16-12(18)14-9-6-5-8(2)10(13)7-9/h5-7H,3-4H2,1-2H3,(H,15,17)(H2,14,16,18). The number of anilines is 1. The lowest BCUT2D eigenvalue weighted by atomic mass is 10.2. The number of carbonyl (C=O) groups excluding carboxylic acids is 1. The Morgan fingerprint density at radius 3 is 2.72 bits per heavy atom. The van der Waals surface area contributed by atoms with Crippen molar-refractivity contribution in [2.24, 2.45) is 0 Å². The molecule has 0 aliphatic rings. The first kappa shape index (κ1) is 14.7. The number of benzene rings is 1. The van der Waals surface area contributed by atoms with Crippen molar-refractivity contribution in [2.75, 3.05) is 5.32 Å². The van der Waals surface area contributed by atoms with E-state index in [1.807, 2.05) is 26.0 Å². The zero-order valence-corrected chi connectivity index (χ0v) is 11.9. The number of thiocarbonyl (C=S) groups is 1. The maximum absolute atomic E-state index is 11.2. The average Bonchev–Trinajstić information content (AvgIpc) is 2.32. The van der Waals surface area contributed by atoms with Gasteiger partial charge in [0.1, 0.15) is 0 Å². The van der Waals surface area contributed by atoms with Crippen LogP contribution in [0.25, 0.3) is 0 Å². The van der Waals surface area contributed by atoms with Crippen molar-refractivity contribution in [1.82, 2.24) is 10.9 Å². The molecule has 1 aromatic rings. The number of rotatable bonds is 3. The van der Waals surface area contributed by atoms with Gasteiger partial charge < -0.3 is 5.32 Å². The van der Waals surface area contributed by atoms with E-state index in [0.717, 1.165) is 17.7 Å². The molecule has 1 amide bonds. The SMILES string of the molecule is CCCC(=O)NNC(=S)Nc1ccc(C)c(Cl)c1. The van der Waals surface area contributed by atoms with E-state index in [0.29, 0.717) is 16.6 Å². The fraction of sp³-hybridized carbons (Fsp3) is 0.333. The highest BCUT2D eigenvalue weighted by Crippen LogP contribution is 2.19. The molecule has 0 fully saturated rings. The Labute approximate surface area is 117 Å². The maximum Gasteiger partial charge on any atom is 0.238 e. The summed E-state index contributed by atoms with van der Waals surface area (Å²) in [5, 5.41) is 3.91. The fourth-order valence-electron chi connectivity index (χ4n) is 1.25. The number of hydrazine groups is 1. The molecule has 0 aliphatic heterocycles. The molecule has 0 aliphatic carbocycles. The lowest BCUT2D eigenvalue weighted by molar-refractivity contribution is -0.121. The molecule has 0 aromatic heterocycles. The summed E-state index contributed by atoms with van der Waals surface area (Å²) < 4.78 is 0. The molecule has 0 spiro atoms. The van der Waals surface area contributed by atoms with E-state index in [9.17, 15) is 4.79 Å². The van der Waals surface area contributed by atoms with Crippen LogP contribution in [0.2, 0.25) is 5.02 Å². The van der Waals surface area contributed by atoms with Crippen molar-refractivity contribution in [3.8, 4) is 0 Å². The molecule has 0 saturated heterocycles. The summed E-state index contributed by atoms with van der Waals surface area (Å²) in [7, 11) is 0. The van der Waals surface area contributed by atoms with E-state index < -0.39 is 0 Å². The highest BCUT2D eigenvalue weighted by molar-refractivity contribution is 7.80. The maximum atomic E-state index is 11.2. The third-order valence-electron chi connectivity index (χ3n) is 2.22. The Bertz CT molecular complexity index is 451. The van der Waals surface area contributed by atoms with Gasteiger partial charge in [-0.25, -0.2) is 0 Å². The Morgan fingerprint density at radius 2 is 2.11 bits per heavy atom. The number of halogens is 1. The third kappa shape index (κ3) is 4.89. The predicted octanol–water partition coefficient (Wildman–Crippen LogP) is 2.77. The van der Waals surface area contributed by atoms with E-state index in [1.165, 1.54) is 0 Å². The summed E-state index contributed by atoms with van der Waals surface area (Å²) >= 11 is 11.0. The first-order valence-electron chi connectivity index (χ1n) is 5.65. The van der Waals surface area contributed by atoms with Crippen LogP contribution in [-0.2, 0) is 4.79 Å². The van der Waals surface area contributed by atoms with Crippen molar-refractivity contribution >= 4 is 40.5 Å². The number of aryl methyl sites for hydroxylation is 1. The molecule has 0 atom stereocenters. The molecular formula is C12H16ClN3OS. The first-order valence-corrected chi connectivity index (χ1v) is 6.43. The largest absolute Gasteiger partial charge is 0.331 e. The van der Waals surface area contributed by atoms with Crippen LogP contribution in [0.3, 0.4) is 0 Å². The van der Waals surface area contributed by atoms with Gasteiger partial charge in [0.15, 0.2) is 5.11 Å². The van der Waals surface area contributed by atoms with Gasteiger partial charge in [0.25, 0.3) is 0 Å². The van der Waals surface area contributed by atoms with Crippen LogP contribution in [0.15, 0.2) is 18.2 Å². The van der Waals surface area contributed by atoms with Gasteiger partial charge in [0, 0.05) is 17.1 Å². The van der Waals surface area contributed by atoms with Crippen molar-refractivity contribution in [3.63, 3.8) is 0 Å². The predicted molar refractivity (Wildman–Crippen MR) is 78.6 cm³/mol. The molecule has 98 valence electrons. The van der Waals surface area contributed by atoms with Gasteiger partial charge in [-0.2, -0.15) is 0 Å². The summed E-state index contributed by atoms with van der Waals surface area (Å²) in [4.78, 5) is 11.2. The summed E-state index contributed by atoms with van der Waals surface area (Å²) in [6.07, 6.45) is 1.26. The van der Waals surface area contributed by atoms with Gasteiger partial charge in [0.2, 0.25) is 5.91 Å². The number of hydrogen-bond donors (Lipinski definition) is 3. The normalized spacial score (nSPS) is 9.72. The molecule has 0 bridgehead atoms. The van der Waals surface area contributed by atoms with Crippen molar-refractivity contribution in [3.05, 3.63) is 28.8 Å². The zero-order valence-electron chi connectivity index (χ0n) is 10.3. The van der Waals surface area contributed by atoms with Gasteiger partial charge in [-0.3, -0.25) is 15.6 Å². The van der Waals surface area contributed by atoms with Crippen molar-refractivity contribution in [1.29, 1.82) is 0 Å². The summed E-state index contributed by atoms with van der Waals surface area (Å²) in [6.45, 7) is 3.86. The molecular weight excluding hydrogens is 270 g/mol. The second kappa shape index (κ2) is 7.18. The number of hydrogen-bond acceptors (Lipinski definition) is 2. The van der Waals surface area contributed by atoms with Gasteiger partial charge >= 0.3 is 0 Å². The highest BCUT2D eigenvalue weighted by atomic mass is 35.5. The van der Waals surface area contributed by atoms with E-state index in [1.54, 1.807) is 6.07 Å². The third-order valence-corrected chi connectivity index (χ3v) is 2.83. The van der Waals surface area contributed by atoms with Crippen molar-refractivity contribution in [2.45, 2.75) is 26.7 Å². The summed E-state index contributed by atoms with van der Waals surface area (Å²) in [5.74, 6) is -0.0939. The van der Waals surface area contributed by atoms with E-state index in [4.69, 9.17) is 23.8 Å². The Kier molecular flexibility index (Phi) is 5.88. The van der Waals surface area contributed by atoms with Crippen LogP contribution >= 0.6 is 23.8 Å². The van der Waals surface area contributed by atoms with Crippen LogP contribution < -0.4 is 16.2 Å². The van der Waals surface area contributed by atoms with Crippen LogP contribution in [0.1, 0.15) is 25.3 Å². The molecule has 6 heteroatoms. The molecule has 0 heterocycles. The topological polar surface area (TPSA) is 53.2 Å². The fourth-order valence-corrected chi connectivity index (χ4v) is 1.60. The van der Waals surface area contributed by atoms with Crippen LogP contribution in [0.5, 0.6) is 0 Å². The smallest absolute Gasteiger partial charge is 0.238 e. The Hall–Kier alpha value is -1.33. The second-order valence-corrected chi connectivity index (χ2v) is 4.66. The summed E-state index contributed by atoms with van der Waals surface area (Å²) in [6, 6.07) is 5.53. The van der Waals surface area contributed by atoms with Crippen LogP contribution in [0, 0.1) is 6.92 Å². The molecule has 0 saturated carbocycles. The molecule has 1 aromatic carbocycles. The monoisotopic (exact) mass is 285 g/mol.